The molecule has 0 fully saturated rings. The van der Waals surface area contributed by atoms with Crippen LogP contribution in [0.2, 0.25) is 5.02 Å². The van der Waals surface area contributed by atoms with Gasteiger partial charge in [0.15, 0.2) is 0 Å². The van der Waals surface area contributed by atoms with Crippen LogP contribution in [-0.4, -0.2) is 30.4 Å². The van der Waals surface area contributed by atoms with Crippen molar-refractivity contribution in [1.29, 1.82) is 0 Å². The van der Waals surface area contributed by atoms with Crippen molar-refractivity contribution in [3.05, 3.63) is 29.3 Å². The Morgan fingerprint density at radius 1 is 1.50 bits per heavy atom. The Kier molecular flexibility index (Phi) is 6.86. The van der Waals surface area contributed by atoms with Gasteiger partial charge in [0, 0.05) is 21.7 Å². The molecule has 5 heteroatoms. The molecule has 0 spiro atoms. The van der Waals surface area contributed by atoms with E-state index in [9.17, 15) is 4.79 Å². The van der Waals surface area contributed by atoms with Crippen molar-refractivity contribution in [2.45, 2.75) is 43.7 Å². The molecular formula is C15H22ClNO2S. The van der Waals surface area contributed by atoms with Gasteiger partial charge < -0.3 is 4.74 Å². The van der Waals surface area contributed by atoms with Crippen molar-refractivity contribution in [2.75, 3.05) is 12.9 Å². The fourth-order valence-electron chi connectivity index (χ4n) is 2.03. The largest absolute Gasteiger partial charge is 0.468 e. The molecule has 0 aliphatic carbocycles. The Morgan fingerprint density at radius 3 is 2.75 bits per heavy atom. The maximum atomic E-state index is 12.0. The zero-order valence-corrected chi connectivity index (χ0v) is 14.0. The smallest absolute Gasteiger partial charge is 0.325 e. The lowest BCUT2D eigenvalue weighted by atomic mass is 9.98. The van der Waals surface area contributed by atoms with Crippen LogP contribution in [0, 0.1) is 0 Å². The second-order valence-corrected chi connectivity index (χ2v) is 6.78. The number of esters is 1. The van der Waals surface area contributed by atoms with Gasteiger partial charge in [-0.05, 0) is 45.4 Å². The first-order chi connectivity index (χ1) is 9.37. The second-order valence-electron chi connectivity index (χ2n) is 5.18. The van der Waals surface area contributed by atoms with Crippen LogP contribution < -0.4 is 5.32 Å². The van der Waals surface area contributed by atoms with E-state index in [4.69, 9.17) is 16.3 Å². The second kappa shape index (κ2) is 7.91. The van der Waals surface area contributed by atoms with Gasteiger partial charge in [0.05, 0.1) is 7.11 Å². The zero-order valence-electron chi connectivity index (χ0n) is 12.4. The molecule has 0 saturated carbocycles. The molecular weight excluding hydrogens is 294 g/mol. The van der Waals surface area contributed by atoms with Gasteiger partial charge in [0.1, 0.15) is 5.54 Å². The molecule has 1 unspecified atom stereocenters. The Hall–Kier alpha value is -0.710. The molecule has 112 valence electrons. The van der Waals surface area contributed by atoms with Crippen molar-refractivity contribution in [2.24, 2.45) is 0 Å². The van der Waals surface area contributed by atoms with Crippen molar-refractivity contribution in [1.82, 2.24) is 5.32 Å². The summed E-state index contributed by atoms with van der Waals surface area (Å²) in [5, 5.41) is 4.02. The molecule has 0 radical (unpaired) electrons. The molecule has 1 N–H and O–H groups in total. The van der Waals surface area contributed by atoms with Crippen molar-refractivity contribution < 1.29 is 9.53 Å². The highest BCUT2D eigenvalue weighted by atomic mass is 35.5. The first-order valence-corrected chi connectivity index (χ1v) is 7.98. The van der Waals surface area contributed by atoms with Crippen LogP contribution in [0.1, 0.15) is 27.2 Å². The van der Waals surface area contributed by atoms with Crippen molar-refractivity contribution in [3.63, 3.8) is 0 Å². The number of halogens is 1. The Balaban J connectivity index is 2.60. The van der Waals surface area contributed by atoms with Crippen LogP contribution in [0.5, 0.6) is 0 Å². The highest BCUT2D eigenvalue weighted by Gasteiger charge is 2.34. The number of carbonyl (C=O) groups excluding carboxylic acids is 1. The molecule has 0 heterocycles. The summed E-state index contributed by atoms with van der Waals surface area (Å²) in [5.41, 5.74) is -0.658. The molecule has 1 atom stereocenters. The average molecular weight is 316 g/mol. The van der Waals surface area contributed by atoms with Gasteiger partial charge in [-0.1, -0.05) is 17.7 Å². The predicted octanol–water partition coefficient (Wildman–Crippen LogP) is 3.75. The Labute approximate surface area is 130 Å². The van der Waals surface area contributed by atoms with Crippen LogP contribution in [-0.2, 0) is 9.53 Å². The van der Waals surface area contributed by atoms with E-state index in [1.165, 1.54) is 7.11 Å². The minimum Gasteiger partial charge on any atom is -0.468 e. The summed E-state index contributed by atoms with van der Waals surface area (Å²) in [6, 6.07) is 7.94. The monoisotopic (exact) mass is 315 g/mol. The third kappa shape index (κ3) is 5.35. The summed E-state index contributed by atoms with van der Waals surface area (Å²) in [7, 11) is 1.42. The van der Waals surface area contributed by atoms with Gasteiger partial charge in [0.25, 0.3) is 0 Å². The SMILES string of the molecule is COC(=O)C(C)(CCSc1cccc(Cl)c1)NC(C)C. The number of nitrogens with one attached hydrogen (secondary N) is 1. The third-order valence-corrected chi connectivity index (χ3v) is 4.14. The topological polar surface area (TPSA) is 38.3 Å². The fourth-order valence-corrected chi connectivity index (χ4v) is 3.41. The minimum atomic E-state index is -0.658. The number of benzene rings is 1. The quantitative estimate of drug-likeness (QED) is 0.614. The van der Waals surface area contributed by atoms with Crippen LogP contribution in [0.3, 0.4) is 0 Å². The number of hydrogen-bond donors (Lipinski definition) is 1. The summed E-state index contributed by atoms with van der Waals surface area (Å²) in [6.45, 7) is 5.92. The molecule has 0 amide bonds. The Morgan fingerprint density at radius 2 is 2.20 bits per heavy atom. The van der Waals surface area contributed by atoms with E-state index in [1.54, 1.807) is 11.8 Å². The normalized spacial score (nSPS) is 14.1. The molecule has 1 rings (SSSR count). The van der Waals surface area contributed by atoms with Gasteiger partial charge in [-0.2, -0.15) is 0 Å². The summed E-state index contributed by atoms with van der Waals surface area (Å²) in [6.07, 6.45) is 0.690. The standard InChI is InChI=1S/C15H22ClNO2S/c1-11(2)17-15(3,14(18)19-4)8-9-20-13-7-5-6-12(16)10-13/h5-7,10-11,17H,8-9H2,1-4H3. The molecule has 20 heavy (non-hydrogen) atoms. The number of thioether (sulfide) groups is 1. The third-order valence-electron chi connectivity index (χ3n) is 2.91. The molecule has 0 aliphatic rings. The number of rotatable bonds is 7. The highest BCUT2D eigenvalue weighted by Crippen LogP contribution is 2.25. The van der Waals surface area contributed by atoms with Crippen LogP contribution >= 0.6 is 23.4 Å². The number of methoxy groups -OCH3 is 1. The predicted molar refractivity (Wildman–Crippen MR) is 85.5 cm³/mol. The fraction of sp³-hybridized carbons (Fsp3) is 0.533. The molecule has 1 aromatic rings. The molecule has 0 bridgehead atoms. The first kappa shape index (κ1) is 17.3. The van der Waals surface area contributed by atoms with Gasteiger partial charge >= 0.3 is 5.97 Å². The maximum absolute atomic E-state index is 12.0. The van der Waals surface area contributed by atoms with Gasteiger partial charge in [-0.25, -0.2) is 0 Å². The maximum Gasteiger partial charge on any atom is 0.325 e. The minimum absolute atomic E-state index is 0.218. The van der Waals surface area contributed by atoms with Crippen molar-refractivity contribution >= 4 is 29.3 Å². The van der Waals surface area contributed by atoms with E-state index in [2.05, 4.69) is 5.32 Å². The zero-order chi connectivity index (χ0) is 15.2. The van der Waals surface area contributed by atoms with E-state index >= 15 is 0 Å². The average Bonchev–Trinajstić information content (AvgIpc) is 2.37. The molecule has 0 aromatic heterocycles. The van der Waals surface area contributed by atoms with Crippen LogP contribution in [0.25, 0.3) is 0 Å². The first-order valence-electron chi connectivity index (χ1n) is 6.62. The highest BCUT2D eigenvalue weighted by molar-refractivity contribution is 7.99. The lowest BCUT2D eigenvalue weighted by molar-refractivity contribution is -0.148. The molecule has 3 nitrogen and oxygen atoms in total. The molecule has 0 aliphatic heterocycles. The van der Waals surface area contributed by atoms with E-state index in [0.717, 1.165) is 15.7 Å². The van der Waals surface area contributed by atoms with Gasteiger partial charge in [-0.3, -0.25) is 10.1 Å². The molecule has 1 aromatic carbocycles. The van der Waals surface area contributed by atoms with E-state index < -0.39 is 5.54 Å². The number of hydrogen-bond acceptors (Lipinski definition) is 4. The summed E-state index contributed by atoms with van der Waals surface area (Å²) >= 11 is 7.64. The molecule has 0 saturated heterocycles. The summed E-state index contributed by atoms with van der Waals surface area (Å²) in [5.74, 6) is 0.587. The summed E-state index contributed by atoms with van der Waals surface area (Å²) in [4.78, 5) is 13.1. The van der Waals surface area contributed by atoms with E-state index in [0.29, 0.717) is 6.42 Å². The van der Waals surface area contributed by atoms with E-state index in [-0.39, 0.29) is 12.0 Å². The lowest BCUT2D eigenvalue weighted by Gasteiger charge is -2.30. The number of ether oxygens (including phenoxy) is 1. The van der Waals surface area contributed by atoms with Gasteiger partial charge in [-0.15, -0.1) is 11.8 Å². The van der Waals surface area contributed by atoms with Crippen LogP contribution in [0.4, 0.5) is 0 Å². The van der Waals surface area contributed by atoms with Crippen molar-refractivity contribution in [3.8, 4) is 0 Å². The number of carbonyl (C=O) groups is 1. The van der Waals surface area contributed by atoms with E-state index in [1.807, 2.05) is 45.0 Å². The summed E-state index contributed by atoms with van der Waals surface area (Å²) < 4.78 is 4.91. The Bertz CT molecular complexity index is 453. The lowest BCUT2D eigenvalue weighted by Crippen LogP contribution is -2.53. The van der Waals surface area contributed by atoms with Crippen LogP contribution in [0.15, 0.2) is 29.2 Å². The van der Waals surface area contributed by atoms with Gasteiger partial charge in [0.2, 0.25) is 0 Å².